The molecular weight excluding hydrogens is 162 g/mol. The molecule has 0 saturated heterocycles. The summed E-state index contributed by atoms with van der Waals surface area (Å²) in [5.41, 5.74) is -0.211. The minimum atomic E-state index is -1.39. The van der Waals surface area contributed by atoms with Crippen LogP contribution in [0.4, 0.5) is 8.78 Å². The molecule has 1 rings (SSSR count). The summed E-state index contributed by atoms with van der Waals surface area (Å²) in [7, 11) is 0. The Morgan fingerprint density at radius 2 is 2.08 bits per heavy atom. The molecule has 0 heterocycles. The number of rotatable bonds is 1. The predicted octanol–water partition coefficient (Wildman–Crippen LogP) is 1.63. The van der Waals surface area contributed by atoms with Gasteiger partial charge in [0.2, 0.25) is 0 Å². The molecule has 0 radical (unpaired) electrons. The van der Waals surface area contributed by atoms with Gasteiger partial charge < -0.3 is 5.11 Å². The third-order valence-corrected chi connectivity index (χ3v) is 1.43. The zero-order valence-electron chi connectivity index (χ0n) is 6.09. The summed E-state index contributed by atoms with van der Waals surface area (Å²) < 4.78 is 25.3. The van der Waals surface area contributed by atoms with Crippen LogP contribution in [0.2, 0.25) is 0 Å². The van der Waals surface area contributed by atoms with E-state index in [1.54, 1.807) is 0 Å². The van der Waals surface area contributed by atoms with E-state index in [0.29, 0.717) is 0 Å². The molecule has 0 amide bonds. The molecule has 1 unspecified atom stereocenters. The second-order valence-electron chi connectivity index (χ2n) is 2.21. The van der Waals surface area contributed by atoms with E-state index in [9.17, 15) is 8.78 Å². The van der Waals surface area contributed by atoms with E-state index in [1.165, 1.54) is 12.1 Å². The number of aliphatic hydroxyl groups excluding tert-OH is 1. The fourth-order valence-corrected chi connectivity index (χ4v) is 0.821. The van der Waals surface area contributed by atoms with Crippen LogP contribution in [-0.4, -0.2) is 5.11 Å². The van der Waals surface area contributed by atoms with E-state index in [0.717, 1.165) is 6.07 Å². The second-order valence-corrected chi connectivity index (χ2v) is 2.21. The first kappa shape index (κ1) is 8.69. The van der Waals surface area contributed by atoms with Gasteiger partial charge in [0.1, 0.15) is 6.10 Å². The average Bonchev–Trinajstić information content (AvgIpc) is 2.08. The molecule has 0 saturated carbocycles. The standard InChI is InChI=1S/C9H6F2O/c1-2-8(12)6-4-3-5-7(10)9(6)11/h1,3-5,8,12H. The lowest BCUT2D eigenvalue weighted by atomic mass is 10.1. The van der Waals surface area contributed by atoms with Gasteiger partial charge in [-0.25, -0.2) is 8.78 Å². The van der Waals surface area contributed by atoms with Gasteiger partial charge in [0.05, 0.1) is 0 Å². The molecule has 1 aromatic rings. The highest BCUT2D eigenvalue weighted by atomic mass is 19.2. The van der Waals surface area contributed by atoms with Gasteiger partial charge in [0.15, 0.2) is 11.6 Å². The summed E-state index contributed by atoms with van der Waals surface area (Å²) in [6.45, 7) is 0. The summed E-state index contributed by atoms with van der Waals surface area (Å²) in [4.78, 5) is 0. The highest BCUT2D eigenvalue weighted by Crippen LogP contribution is 2.17. The highest BCUT2D eigenvalue weighted by molar-refractivity contribution is 5.25. The first-order valence-electron chi connectivity index (χ1n) is 3.25. The van der Waals surface area contributed by atoms with Crippen molar-refractivity contribution < 1.29 is 13.9 Å². The topological polar surface area (TPSA) is 20.2 Å². The zero-order valence-corrected chi connectivity index (χ0v) is 6.09. The van der Waals surface area contributed by atoms with Crippen LogP contribution in [0.1, 0.15) is 11.7 Å². The van der Waals surface area contributed by atoms with Crippen LogP contribution in [0.15, 0.2) is 18.2 Å². The van der Waals surface area contributed by atoms with Gasteiger partial charge in [-0.3, -0.25) is 0 Å². The maximum Gasteiger partial charge on any atom is 0.165 e. The van der Waals surface area contributed by atoms with Gasteiger partial charge in [-0.15, -0.1) is 6.42 Å². The van der Waals surface area contributed by atoms with Crippen LogP contribution in [0, 0.1) is 24.0 Å². The Balaban J connectivity index is 3.18. The number of benzene rings is 1. The summed E-state index contributed by atoms with van der Waals surface area (Å²) in [6, 6.07) is 3.49. The summed E-state index contributed by atoms with van der Waals surface area (Å²) >= 11 is 0. The summed E-state index contributed by atoms with van der Waals surface area (Å²) in [5.74, 6) is -0.209. The zero-order chi connectivity index (χ0) is 9.14. The average molecular weight is 168 g/mol. The van der Waals surface area contributed by atoms with E-state index in [1.807, 2.05) is 5.92 Å². The Hall–Kier alpha value is -1.40. The van der Waals surface area contributed by atoms with Crippen molar-refractivity contribution in [2.24, 2.45) is 0 Å². The van der Waals surface area contributed by atoms with Crippen LogP contribution in [0.25, 0.3) is 0 Å². The van der Waals surface area contributed by atoms with Crippen molar-refractivity contribution in [3.8, 4) is 12.3 Å². The Kier molecular flexibility index (Phi) is 2.41. The molecule has 0 aliphatic carbocycles. The van der Waals surface area contributed by atoms with Crippen molar-refractivity contribution >= 4 is 0 Å². The molecule has 0 aromatic heterocycles. The van der Waals surface area contributed by atoms with Gasteiger partial charge in [-0.05, 0) is 6.07 Å². The SMILES string of the molecule is C#CC(O)c1cccc(F)c1F. The molecule has 1 atom stereocenters. The van der Waals surface area contributed by atoms with Crippen LogP contribution in [-0.2, 0) is 0 Å². The molecule has 1 N–H and O–H groups in total. The van der Waals surface area contributed by atoms with Crippen LogP contribution >= 0.6 is 0 Å². The first-order chi connectivity index (χ1) is 5.66. The minimum absolute atomic E-state index is 0.211. The number of hydrogen-bond acceptors (Lipinski definition) is 1. The monoisotopic (exact) mass is 168 g/mol. The molecule has 3 heteroatoms. The van der Waals surface area contributed by atoms with Crippen molar-refractivity contribution in [3.05, 3.63) is 35.4 Å². The predicted molar refractivity (Wildman–Crippen MR) is 40.2 cm³/mol. The Morgan fingerprint density at radius 3 is 2.67 bits per heavy atom. The minimum Gasteiger partial charge on any atom is -0.376 e. The summed E-state index contributed by atoms with van der Waals surface area (Å²) in [6.07, 6.45) is 3.45. The summed E-state index contributed by atoms with van der Waals surface area (Å²) in [5, 5.41) is 8.99. The van der Waals surface area contributed by atoms with E-state index in [4.69, 9.17) is 11.5 Å². The van der Waals surface area contributed by atoms with Crippen molar-refractivity contribution in [3.63, 3.8) is 0 Å². The molecular formula is C9H6F2O. The van der Waals surface area contributed by atoms with Crippen LogP contribution in [0.5, 0.6) is 0 Å². The van der Waals surface area contributed by atoms with Gasteiger partial charge in [-0.1, -0.05) is 18.1 Å². The lowest BCUT2D eigenvalue weighted by Gasteiger charge is -2.04. The van der Waals surface area contributed by atoms with Gasteiger partial charge in [0.25, 0.3) is 0 Å². The van der Waals surface area contributed by atoms with Crippen molar-refractivity contribution in [1.29, 1.82) is 0 Å². The smallest absolute Gasteiger partial charge is 0.165 e. The fraction of sp³-hybridized carbons (Fsp3) is 0.111. The Morgan fingerprint density at radius 1 is 1.42 bits per heavy atom. The third kappa shape index (κ3) is 1.44. The van der Waals surface area contributed by atoms with Crippen LogP contribution in [0.3, 0.4) is 0 Å². The van der Waals surface area contributed by atoms with E-state index >= 15 is 0 Å². The lowest BCUT2D eigenvalue weighted by Crippen LogP contribution is -1.99. The quantitative estimate of drug-likeness (QED) is 0.632. The maximum atomic E-state index is 12.8. The number of hydrogen-bond donors (Lipinski definition) is 1. The molecule has 0 aliphatic rings. The van der Waals surface area contributed by atoms with E-state index in [-0.39, 0.29) is 5.56 Å². The van der Waals surface area contributed by atoms with Crippen LogP contribution < -0.4 is 0 Å². The van der Waals surface area contributed by atoms with Gasteiger partial charge in [-0.2, -0.15) is 0 Å². The van der Waals surface area contributed by atoms with Crippen molar-refractivity contribution in [2.45, 2.75) is 6.10 Å². The molecule has 0 fully saturated rings. The number of aliphatic hydroxyl groups is 1. The molecule has 0 aliphatic heterocycles. The van der Waals surface area contributed by atoms with E-state index < -0.39 is 17.7 Å². The molecule has 62 valence electrons. The molecule has 0 spiro atoms. The number of terminal acetylenes is 1. The van der Waals surface area contributed by atoms with Crippen molar-refractivity contribution in [2.75, 3.05) is 0 Å². The first-order valence-corrected chi connectivity index (χ1v) is 3.25. The molecule has 1 aromatic carbocycles. The molecule has 0 bridgehead atoms. The van der Waals surface area contributed by atoms with Gasteiger partial charge in [0, 0.05) is 5.56 Å². The highest BCUT2D eigenvalue weighted by Gasteiger charge is 2.12. The van der Waals surface area contributed by atoms with E-state index in [2.05, 4.69) is 0 Å². The van der Waals surface area contributed by atoms with Gasteiger partial charge >= 0.3 is 0 Å². The largest absolute Gasteiger partial charge is 0.376 e. The molecule has 12 heavy (non-hydrogen) atoms. The third-order valence-electron chi connectivity index (χ3n) is 1.43. The Bertz CT molecular complexity index is 328. The van der Waals surface area contributed by atoms with Crippen molar-refractivity contribution in [1.82, 2.24) is 0 Å². The maximum absolute atomic E-state index is 12.8. The second kappa shape index (κ2) is 3.33. The fourth-order valence-electron chi connectivity index (χ4n) is 0.821. The Labute approximate surface area is 68.7 Å². The molecule has 1 nitrogen and oxygen atoms in total. The lowest BCUT2D eigenvalue weighted by molar-refractivity contribution is 0.231. The normalized spacial score (nSPS) is 12.2. The number of halogens is 2.